The van der Waals surface area contributed by atoms with Gasteiger partial charge in [0.15, 0.2) is 0 Å². The molecule has 108 valence electrons. The van der Waals surface area contributed by atoms with Gasteiger partial charge >= 0.3 is 0 Å². The van der Waals surface area contributed by atoms with Crippen molar-refractivity contribution >= 4 is 15.9 Å². The standard InChI is InChI=1S/C16H21BrN2O/c1-4-12-9-13(19(5-2)18-12)10-15(20)14-8-6-7-11(3)16(14)17/h6-9,15,20H,4-5,10H2,1-3H3. The lowest BCUT2D eigenvalue weighted by molar-refractivity contribution is 0.174. The topological polar surface area (TPSA) is 38.0 Å². The Morgan fingerprint density at radius 1 is 1.35 bits per heavy atom. The molecule has 1 unspecified atom stereocenters. The van der Waals surface area contributed by atoms with Crippen LogP contribution in [-0.4, -0.2) is 14.9 Å². The van der Waals surface area contributed by atoms with Crippen molar-refractivity contribution in [3.8, 4) is 0 Å². The Kier molecular flexibility index (Phi) is 5.00. The molecule has 0 fully saturated rings. The van der Waals surface area contributed by atoms with E-state index in [9.17, 15) is 5.11 Å². The Morgan fingerprint density at radius 2 is 2.10 bits per heavy atom. The molecule has 20 heavy (non-hydrogen) atoms. The largest absolute Gasteiger partial charge is 0.388 e. The molecule has 0 saturated heterocycles. The second-order valence-electron chi connectivity index (χ2n) is 4.99. The van der Waals surface area contributed by atoms with Crippen molar-refractivity contribution in [1.82, 2.24) is 9.78 Å². The summed E-state index contributed by atoms with van der Waals surface area (Å²) in [5.41, 5.74) is 4.24. The molecule has 2 rings (SSSR count). The number of halogens is 1. The number of nitrogens with zero attached hydrogens (tertiary/aromatic N) is 2. The summed E-state index contributed by atoms with van der Waals surface area (Å²) >= 11 is 3.57. The van der Waals surface area contributed by atoms with E-state index in [2.05, 4.69) is 40.9 Å². The summed E-state index contributed by atoms with van der Waals surface area (Å²) in [5, 5.41) is 15.0. The fraction of sp³-hybridized carbons (Fsp3) is 0.438. The van der Waals surface area contributed by atoms with E-state index in [1.165, 1.54) is 0 Å². The number of aryl methyl sites for hydroxylation is 3. The number of hydrogen-bond donors (Lipinski definition) is 1. The van der Waals surface area contributed by atoms with Crippen LogP contribution in [0.3, 0.4) is 0 Å². The molecule has 1 aromatic carbocycles. The highest BCUT2D eigenvalue weighted by atomic mass is 79.9. The smallest absolute Gasteiger partial charge is 0.0856 e. The minimum absolute atomic E-state index is 0.518. The minimum Gasteiger partial charge on any atom is -0.388 e. The van der Waals surface area contributed by atoms with Gasteiger partial charge in [-0.05, 0) is 37.5 Å². The van der Waals surface area contributed by atoms with Gasteiger partial charge in [-0.15, -0.1) is 0 Å². The van der Waals surface area contributed by atoms with Crippen molar-refractivity contribution in [2.45, 2.75) is 46.3 Å². The van der Waals surface area contributed by atoms with Crippen LogP contribution in [0.2, 0.25) is 0 Å². The number of aromatic nitrogens is 2. The van der Waals surface area contributed by atoms with Gasteiger partial charge in [0.05, 0.1) is 11.8 Å². The number of benzene rings is 1. The highest BCUT2D eigenvalue weighted by Crippen LogP contribution is 2.28. The lowest BCUT2D eigenvalue weighted by Gasteiger charge is -2.15. The quantitative estimate of drug-likeness (QED) is 0.901. The van der Waals surface area contributed by atoms with Gasteiger partial charge < -0.3 is 5.11 Å². The summed E-state index contributed by atoms with van der Waals surface area (Å²) in [6.07, 6.45) is 0.989. The van der Waals surface area contributed by atoms with Crippen molar-refractivity contribution in [1.29, 1.82) is 0 Å². The predicted octanol–water partition coefficient (Wildman–Crippen LogP) is 3.81. The van der Waals surface area contributed by atoms with E-state index in [0.717, 1.165) is 40.0 Å². The maximum Gasteiger partial charge on any atom is 0.0856 e. The van der Waals surface area contributed by atoms with Crippen LogP contribution in [0.25, 0.3) is 0 Å². The third kappa shape index (κ3) is 3.13. The summed E-state index contributed by atoms with van der Waals surface area (Å²) in [7, 11) is 0. The van der Waals surface area contributed by atoms with Gasteiger partial charge in [0.1, 0.15) is 0 Å². The maximum atomic E-state index is 10.5. The molecule has 4 heteroatoms. The van der Waals surface area contributed by atoms with Crippen molar-refractivity contribution in [2.75, 3.05) is 0 Å². The molecule has 1 aromatic heterocycles. The molecule has 0 aliphatic heterocycles. The van der Waals surface area contributed by atoms with Gasteiger partial charge in [-0.1, -0.05) is 41.1 Å². The molecule has 0 aliphatic carbocycles. The zero-order chi connectivity index (χ0) is 14.7. The van der Waals surface area contributed by atoms with Gasteiger partial charge in [0.25, 0.3) is 0 Å². The zero-order valence-corrected chi connectivity index (χ0v) is 13.8. The van der Waals surface area contributed by atoms with E-state index in [1.807, 2.05) is 29.8 Å². The van der Waals surface area contributed by atoms with Crippen molar-refractivity contribution < 1.29 is 5.11 Å². The van der Waals surface area contributed by atoms with Crippen LogP contribution in [-0.2, 0) is 19.4 Å². The highest BCUT2D eigenvalue weighted by Gasteiger charge is 2.16. The van der Waals surface area contributed by atoms with Crippen LogP contribution in [0, 0.1) is 6.92 Å². The number of rotatable bonds is 5. The van der Waals surface area contributed by atoms with Crippen LogP contribution >= 0.6 is 15.9 Å². The molecule has 0 bridgehead atoms. The van der Waals surface area contributed by atoms with E-state index in [4.69, 9.17) is 0 Å². The third-order valence-corrected chi connectivity index (χ3v) is 4.64. The van der Waals surface area contributed by atoms with Crippen LogP contribution in [0.1, 0.15) is 42.5 Å². The summed E-state index contributed by atoms with van der Waals surface area (Å²) in [6.45, 7) is 7.04. The number of hydrogen-bond acceptors (Lipinski definition) is 2. The normalized spacial score (nSPS) is 12.7. The van der Waals surface area contributed by atoms with Gasteiger partial charge in [-0.2, -0.15) is 5.10 Å². The number of aliphatic hydroxyl groups excluding tert-OH is 1. The summed E-state index contributed by atoms with van der Waals surface area (Å²) in [4.78, 5) is 0. The highest BCUT2D eigenvalue weighted by molar-refractivity contribution is 9.10. The molecule has 1 atom stereocenters. The molecule has 0 amide bonds. The predicted molar refractivity (Wildman–Crippen MR) is 84.8 cm³/mol. The van der Waals surface area contributed by atoms with Crippen LogP contribution in [0.15, 0.2) is 28.7 Å². The first-order chi connectivity index (χ1) is 9.56. The Bertz CT molecular complexity index is 592. The zero-order valence-electron chi connectivity index (χ0n) is 12.2. The van der Waals surface area contributed by atoms with Gasteiger partial charge in [-0.25, -0.2) is 0 Å². The van der Waals surface area contributed by atoms with E-state index in [-0.39, 0.29) is 0 Å². The lowest BCUT2D eigenvalue weighted by atomic mass is 10.0. The monoisotopic (exact) mass is 336 g/mol. The van der Waals surface area contributed by atoms with Crippen molar-refractivity contribution in [3.63, 3.8) is 0 Å². The number of aliphatic hydroxyl groups is 1. The summed E-state index contributed by atoms with van der Waals surface area (Å²) in [5.74, 6) is 0. The molecular formula is C16H21BrN2O. The molecule has 3 nitrogen and oxygen atoms in total. The fourth-order valence-electron chi connectivity index (χ4n) is 2.36. The van der Waals surface area contributed by atoms with Crippen molar-refractivity contribution in [3.05, 3.63) is 51.3 Å². The Morgan fingerprint density at radius 3 is 2.75 bits per heavy atom. The summed E-state index contributed by atoms with van der Waals surface area (Å²) < 4.78 is 2.97. The van der Waals surface area contributed by atoms with Gasteiger partial charge in [0.2, 0.25) is 0 Å². The minimum atomic E-state index is -0.518. The first kappa shape index (κ1) is 15.3. The molecule has 2 aromatic rings. The first-order valence-electron chi connectivity index (χ1n) is 7.05. The van der Waals surface area contributed by atoms with E-state index < -0.39 is 6.10 Å². The summed E-state index contributed by atoms with van der Waals surface area (Å²) in [6, 6.07) is 8.07. The maximum absolute atomic E-state index is 10.5. The second kappa shape index (κ2) is 6.55. The Hall–Kier alpha value is -1.13. The molecule has 0 radical (unpaired) electrons. The average Bonchev–Trinajstić information content (AvgIpc) is 2.84. The van der Waals surface area contributed by atoms with E-state index >= 15 is 0 Å². The van der Waals surface area contributed by atoms with Crippen LogP contribution < -0.4 is 0 Å². The molecular weight excluding hydrogens is 316 g/mol. The first-order valence-corrected chi connectivity index (χ1v) is 7.84. The fourth-order valence-corrected chi connectivity index (χ4v) is 2.89. The molecule has 0 spiro atoms. The van der Waals surface area contributed by atoms with Gasteiger partial charge in [0, 0.05) is 23.1 Å². The van der Waals surface area contributed by atoms with Crippen molar-refractivity contribution in [2.24, 2.45) is 0 Å². The molecule has 0 aliphatic rings. The SMILES string of the molecule is CCc1cc(CC(O)c2cccc(C)c2Br)n(CC)n1. The Labute approximate surface area is 128 Å². The van der Waals surface area contributed by atoms with E-state index in [1.54, 1.807) is 0 Å². The Balaban J connectivity index is 2.25. The second-order valence-corrected chi connectivity index (χ2v) is 5.79. The van der Waals surface area contributed by atoms with Gasteiger partial charge in [-0.3, -0.25) is 4.68 Å². The molecule has 0 saturated carbocycles. The van der Waals surface area contributed by atoms with E-state index in [0.29, 0.717) is 6.42 Å². The lowest BCUT2D eigenvalue weighted by Crippen LogP contribution is -2.09. The molecule has 1 heterocycles. The third-order valence-electron chi connectivity index (χ3n) is 3.56. The van der Waals surface area contributed by atoms with Crippen LogP contribution in [0.5, 0.6) is 0 Å². The van der Waals surface area contributed by atoms with Crippen LogP contribution in [0.4, 0.5) is 0 Å². The molecule has 1 N–H and O–H groups in total. The average molecular weight is 337 g/mol.